The van der Waals surface area contributed by atoms with E-state index in [4.69, 9.17) is 4.42 Å². The van der Waals surface area contributed by atoms with Gasteiger partial charge in [0.15, 0.2) is 5.76 Å². The molecular formula is C11H16N2O2. The van der Waals surface area contributed by atoms with Gasteiger partial charge < -0.3 is 14.6 Å². The molecule has 0 saturated carbocycles. The van der Waals surface area contributed by atoms with Crippen molar-refractivity contribution < 1.29 is 9.21 Å². The summed E-state index contributed by atoms with van der Waals surface area (Å²) in [7, 11) is 0. The van der Waals surface area contributed by atoms with Crippen molar-refractivity contribution >= 4 is 5.91 Å². The predicted molar refractivity (Wildman–Crippen MR) is 56.8 cm³/mol. The molecule has 0 aromatic carbocycles. The summed E-state index contributed by atoms with van der Waals surface area (Å²) in [6.07, 6.45) is 0. The highest BCUT2D eigenvalue weighted by Crippen LogP contribution is 2.11. The van der Waals surface area contributed by atoms with Crippen molar-refractivity contribution in [2.24, 2.45) is 0 Å². The summed E-state index contributed by atoms with van der Waals surface area (Å²) in [5, 5.41) is 3.30. The molecule has 0 aliphatic carbocycles. The second-order valence-electron chi connectivity index (χ2n) is 4.02. The summed E-state index contributed by atoms with van der Waals surface area (Å²) in [6.45, 7) is 6.28. The molecule has 0 radical (unpaired) electrons. The first-order valence-corrected chi connectivity index (χ1v) is 5.26. The Balaban J connectivity index is 2.07. The minimum absolute atomic E-state index is 0.00329. The quantitative estimate of drug-likeness (QED) is 0.749. The van der Waals surface area contributed by atoms with Crippen molar-refractivity contribution in [3.05, 3.63) is 23.7 Å². The van der Waals surface area contributed by atoms with Gasteiger partial charge in [0.2, 0.25) is 0 Å². The predicted octanol–water partition coefficient (Wildman–Crippen LogP) is 1.02. The minimum Gasteiger partial charge on any atom is -0.456 e. The number of aryl methyl sites for hydroxylation is 1. The molecule has 4 nitrogen and oxygen atoms in total. The van der Waals surface area contributed by atoms with Crippen LogP contribution in [0.25, 0.3) is 0 Å². The van der Waals surface area contributed by atoms with Crippen LogP contribution >= 0.6 is 0 Å². The van der Waals surface area contributed by atoms with E-state index in [1.54, 1.807) is 6.07 Å². The number of nitrogens with zero attached hydrogens (tertiary/aromatic N) is 1. The lowest BCUT2D eigenvalue weighted by Crippen LogP contribution is -2.51. The van der Waals surface area contributed by atoms with Crippen LogP contribution in [0, 0.1) is 6.92 Å². The van der Waals surface area contributed by atoms with Gasteiger partial charge in [-0.25, -0.2) is 0 Å². The first-order chi connectivity index (χ1) is 7.16. The fraction of sp³-hybridized carbons (Fsp3) is 0.545. The first-order valence-electron chi connectivity index (χ1n) is 5.26. The number of hydrogen-bond acceptors (Lipinski definition) is 3. The average molecular weight is 208 g/mol. The van der Waals surface area contributed by atoms with Gasteiger partial charge in [-0.15, -0.1) is 0 Å². The standard InChI is InChI=1S/C11H16N2O2/c1-8-7-13(6-5-12-8)11(14)10-4-3-9(2)15-10/h3-4,8,12H,5-7H2,1-2H3/t8-/m0/s1. The van der Waals surface area contributed by atoms with Crippen LogP contribution in [-0.2, 0) is 0 Å². The molecule has 1 amide bonds. The Morgan fingerprint density at radius 3 is 3.00 bits per heavy atom. The van der Waals surface area contributed by atoms with E-state index in [1.807, 2.05) is 17.9 Å². The van der Waals surface area contributed by atoms with Crippen LogP contribution in [-0.4, -0.2) is 36.5 Å². The Morgan fingerprint density at radius 1 is 1.60 bits per heavy atom. The molecule has 1 fully saturated rings. The monoisotopic (exact) mass is 208 g/mol. The third-order valence-electron chi connectivity index (χ3n) is 2.61. The van der Waals surface area contributed by atoms with Crippen molar-refractivity contribution in [3.63, 3.8) is 0 Å². The highest BCUT2D eigenvalue weighted by Gasteiger charge is 2.23. The zero-order valence-corrected chi connectivity index (χ0v) is 9.12. The van der Waals surface area contributed by atoms with Crippen molar-refractivity contribution in [1.82, 2.24) is 10.2 Å². The molecule has 2 heterocycles. The average Bonchev–Trinajstić information content (AvgIpc) is 2.64. The number of amides is 1. The minimum atomic E-state index is -0.00329. The largest absolute Gasteiger partial charge is 0.456 e. The number of hydrogen-bond donors (Lipinski definition) is 1. The highest BCUT2D eigenvalue weighted by atomic mass is 16.3. The second-order valence-corrected chi connectivity index (χ2v) is 4.02. The van der Waals surface area contributed by atoms with Gasteiger partial charge in [0, 0.05) is 25.7 Å². The van der Waals surface area contributed by atoms with Crippen molar-refractivity contribution in [2.75, 3.05) is 19.6 Å². The highest BCUT2D eigenvalue weighted by molar-refractivity contribution is 5.91. The summed E-state index contributed by atoms with van der Waals surface area (Å²) in [5.74, 6) is 1.22. The molecule has 2 rings (SSSR count). The fourth-order valence-corrected chi connectivity index (χ4v) is 1.82. The van der Waals surface area contributed by atoms with Crippen LogP contribution in [0.4, 0.5) is 0 Å². The van der Waals surface area contributed by atoms with E-state index in [-0.39, 0.29) is 5.91 Å². The van der Waals surface area contributed by atoms with Crippen LogP contribution in [0.2, 0.25) is 0 Å². The molecule has 1 aromatic rings. The third-order valence-corrected chi connectivity index (χ3v) is 2.61. The summed E-state index contributed by atoms with van der Waals surface area (Å²) >= 11 is 0. The Kier molecular flexibility index (Phi) is 2.77. The van der Waals surface area contributed by atoms with Crippen LogP contribution in [0.15, 0.2) is 16.5 Å². The van der Waals surface area contributed by atoms with Crippen molar-refractivity contribution in [1.29, 1.82) is 0 Å². The molecule has 1 aromatic heterocycles. The maximum absolute atomic E-state index is 12.0. The Labute approximate surface area is 89.2 Å². The zero-order chi connectivity index (χ0) is 10.8. The molecule has 0 spiro atoms. The SMILES string of the molecule is Cc1ccc(C(=O)N2CCN[C@@H](C)C2)o1. The first kappa shape index (κ1) is 10.2. The van der Waals surface area contributed by atoms with Gasteiger partial charge in [-0.1, -0.05) is 0 Å². The molecule has 1 aliphatic rings. The number of piperazine rings is 1. The summed E-state index contributed by atoms with van der Waals surface area (Å²) in [4.78, 5) is 13.8. The van der Waals surface area contributed by atoms with Crippen LogP contribution in [0.3, 0.4) is 0 Å². The van der Waals surface area contributed by atoms with Crippen molar-refractivity contribution in [3.8, 4) is 0 Å². The topological polar surface area (TPSA) is 45.5 Å². The second kappa shape index (κ2) is 4.06. The lowest BCUT2D eigenvalue weighted by Gasteiger charge is -2.31. The molecule has 1 aliphatic heterocycles. The number of furan rings is 1. The van der Waals surface area contributed by atoms with Gasteiger partial charge in [0.1, 0.15) is 5.76 Å². The van der Waals surface area contributed by atoms with Crippen LogP contribution < -0.4 is 5.32 Å². The molecule has 1 saturated heterocycles. The van der Waals surface area contributed by atoms with E-state index < -0.39 is 0 Å². The zero-order valence-electron chi connectivity index (χ0n) is 9.12. The summed E-state index contributed by atoms with van der Waals surface area (Å²) < 4.78 is 5.32. The van der Waals surface area contributed by atoms with Gasteiger partial charge >= 0.3 is 0 Å². The number of carbonyl (C=O) groups is 1. The molecule has 1 N–H and O–H groups in total. The van der Waals surface area contributed by atoms with Gasteiger partial charge in [-0.2, -0.15) is 0 Å². The van der Waals surface area contributed by atoms with Crippen LogP contribution in [0.5, 0.6) is 0 Å². The fourth-order valence-electron chi connectivity index (χ4n) is 1.82. The van der Waals surface area contributed by atoms with Gasteiger partial charge in [-0.3, -0.25) is 4.79 Å². The third kappa shape index (κ3) is 2.21. The lowest BCUT2D eigenvalue weighted by atomic mass is 10.2. The smallest absolute Gasteiger partial charge is 0.289 e. The molecular weight excluding hydrogens is 192 g/mol. The van der Waals surface area contributed by atoms with Gasteiger partial charge in [0.25, 0.3) is 5.91 Å². The molecule has 15 heavy (non-hydrogen) atoms. The van der Waals surface area contributed by atoms with Crippen LogP contribution in [0.1, 0.15) is 23.2 Å². The van der Waals surface area contributed by atoms with Crippen molar-refractivity contribution in [2.45, 2.75) is 19.9 Å². The maximum atomic E-state index is 12.0. The van der Waals surface area contributed by atoms with E-state index in [0.29, 0.717) is 11.8 Å². The number of nitrogens with one attached hydrogen (secondary N) is 1. The molecule has 1 atom stereocenters. The van der Waals surface area contributed by atoms with Gasteiger partial charge in [0.05, 0.1) is 0 Å². The maximum Gasteiger partial charge on any atom is 0.289 e. The van der Waals surface area contributed by atoms with E-state index >= 15 is 0 Å². The molecule has 0 bridgehead atoms. The van der Waals surface area contributed by atoms with E-state index in [0.717, 1.165) is 25.4 Å². The molecule has 0 unspecified atom stereocenters. The normalized spacial score (nSPS) is 21.7. The summed E-state index contributed by atoms with van der Waals surface area (Å²) in [6, 6.07) is 3.92. The van der Waals surface area contributed by atoms with E-state index in [2.05, 4.69) is 12.2 Å². The Bertz CT molecular complexity index is 359. The molecule has 82 valence electrons. The van der Waals surface area contributed by atoms with Gasteiger partial charge in [-0.05, 0) is 26.0 Å². The Hall–Kier alpha value is -1.29. The molecule has 4 heteroatoms. The Morgan fingerprint density at radius 2 is 2.40 bits per heavy atom. The summed E-state index contributed by atoms with van der Waals surface area (Å²) in [5.41, 5.74) is 0. The van der Waals surface area contributed by atoms with E-state index in [9.17, 15) is 4.79 Å². The number of rotatable bonds is 1. The lowest BCUT2D eigenvalue weighted by molar-refractivity contribution is 0.0675. The number of carbonyl (C=O) groups excluding carboxylic acids is 1. The van der Waals surface area contributed by atoms with E-state index in [1.165, 1.54) is 0 Å².